The van der Waals surface area contributed by atoms with Crippen molar-refractivity contribution in [3.8, 4) is 0 Å². The lowest BCUT2D eigenvalue weighted by Gasteiger charge is -2.35. The van der Waals surface area contributed by atoms with Gasteiger partial charge in [-0.05, 0) is 42.7 Å². The number of hydrogen-bond acceptors (Lipinski definition) is 6. The minimum atomic E-state index is -0.232. The first kappa shape index (κ1) is 22.9. The summed E-state index contributed by atoms with van der Waals surface area (Å²) < 4.78 is 19.1. The fourth-order valence-corrected chi connectivity index (χ4v) is 5.55. The second-order valence-corrected chi connectivity index (χ2v) is 10.1. The Morgan fingerprint density at radius 2 is 1.97 bits per heavy atom. The number of thiazole rings is 1. The van der Waals surface area contributed by atoms with Crippen LogP contribution in [-0.2, 0) is 16.0 Å². The van der Waals surface area contributed by atoms with Crippen LogP contribution >= 0.6 is 11.3 Å². The molecular weight excluding hydrogens is 451 g/mol. The summed E-state index contributed by atoms with van der Waals surface area (Å²) in [6, 6.07) is 12.3. The predicted molar refractivity (Wildman–Crippen MR) is 131 cm³/mol. The van der Waals surface area contributed by atoms with Crippen molar-refractivity contribution in [1.29, 1.82) is 0 Å². The number of rotatable bonds is 6. The second-order valence-electron chi connectivity index (χ2n) is 8.99. The van der Waals surface area contributed by atoms with Crippen molar-refractivity contribution in [2.75, 3.05) is 25.0 Å². The van der Waals surface area contributed by atoms with E-state index in [9.17, 15) is 9.18 Å². The second kappa shape index (κ2) is 10.6. The van der Waals surface area contributed by atoms with Crippen molar-refractivity contribution < 1.29 is 13.9 Å². The van der Waals surface area contributed by atoms with Gasteiger partial charge in [0.05, 0.1) is 18.8 Å². The number of amides is 1. The molecule has 3 heterocycles. The van der Waals surface area contributed by atoms with Gasteiger partial charge >= 0.3 is 0 Å². The van der Waals surface area contributed by atoms with Crippen molar-refractivity contribution in [3.63, 3.8) is 0 Å². The van der Waals surface area contributed by atoms with Gasteiger partial charge in [-0.3, -0.25) is 4.79 Å². The lowest BCUT2D eigenvalue weighted by molar-refractivity contribution is -0.144. The molecule has 1 unspecified atom stereocenters. The maximum Gasteiger partial charge on any atom is 0.225 e. The van der Waals surface area contributed by atoms with Gasteiger partial charge in [-0.15, -0.1) is 11.3 Å². The average Bonchev–Trinajstić information content (AvgIpc) is 3.32. The number of ether oxygens (including phenoxy) is 1. The van der Waals surface area contributed by atoms with Crippen molar-refractivity contribution in [2.45, 2.75) is 44.6 Å². The highest BCUT2D eigenvalue weighted by Crippen LogP contribution is 2.29. The topological polar surface area (TPSA) is 67.3 Å². The standard InChI is InChI=1S/C26H29FN4O2S/c27-20-11-9-18(10-12-20)15-21-16-28-26(34-21)30-24-8-4-7-22(29-24)23-17-31(13-14-33-23)25(32)19-5-2-1-3-6-19/h4,7-12,16,19,23H,1-3,5-6,13-15,17H2,(H,28,29,30). The van der Waals surface area contributed by atoms with Gasteiger partial charge in [0.1, 0.15) is 17.7 Å². The fraction of sp³-hybridized carbons (Fsp3) is 0.423. The van der Waals surface area contributed by atoms with E-state index in [0.717, 1.165) is 46.9 Å². The summed E-state index contributed by atoms with van der Waals surface area (Å²) in [4.78, 5) is 25.3. The molecular formula is C26H29FN4O2S. The Morgan fingerprint density at radius 1 is 1.15 bits per heavy atom. The van der Waals surface area contributed by atoms with E-state index in [1.807, 2.05) is 29.3 Å². The smallest absolute Gasteiger partial charge is 0.225 e. The van der Waals surface area contributed by atoms with Crippen molar-refractivity contribution in [1.82, 2.24) is 14.9 Å². The van der Waals surface area contributed by atoms with Gasteiger partial charge in [-0.2, -0.15) is 0 Å². The number of halogens is 1. The molecule has 1 saturated heterocycles. The third-order valence-electron chi connectivity index (χ3n) is 6.51. The molecule has 0 radical (unpaired) electrons. The summed E-state index contributed by atoms with van der Waals surface area (Å²) >= 11 is 1.55. The molecule has 2 aliphatic rings. The molecule has 178 valence electrons. The lowest BCUT2D eigenvalue weighted by Crippen LogP contribution is -2.45. The number of carbonyl (C=O) groups is 1. The zero-order valence-corrected chi connectivity index (χ0v) is 19.9. The molecule has 2 aromatic heterocycles. The van der Waals surface area contributed by atoms with E-state index >= 15 is 0 Å². The molecule has 0 bridgehead atoms. The Balaban J connectivity index is 1.22. The molecule has 1 aromatic carbocycles. The number of nitrogens with zero attached hydrogens (tertiary/aromatic N) is 3. The minimum absolute atomic E-state index is 0.169. The number of hydrogen-bond donors (Lipinski definition) is 1. The first-order chi connectivity index (χ1) is 16.6. The molecule has 34 heavy (non-hydrogen) atoms. The van der Waals surface area contributed by atoms with Crippen LogP contribution in [0.25, 0.3) is 0 Å². The van der Waals surface area contributed by atoms with Gasteiger partial charge in [0.25, 0.3) is 0 Å². The van der Waals surface area contributed by atoms with Crippen LogP contribution in [0.5, 0.6) is 0 Å². The van der Waals surface area contributed by atoms with Gasteiger partial charge < -0.3 is 15.0 Å². The first-order valence-electron chi connectivity index (χ1n) is 12.0. The molecule has 1 N–H and O–H groups in total. The van der Waals surface area contributed by atoms with E-state index in [1.54, 1.807) is 23.5 Å². The summed E-state index contributed by atoms with van der Waals surface area (Å²) in [6.45, 7) is 1.73. The quantitative estimate of drug-likeness (QED) is 0.505. The minimum Gasteiger partial charge on any atom is -0.368 e. The van der Waals surface area contributed by atoms with Crippen LogP contribution in [-0.4, -0.2) is 40.5 Å². The molecule has 0 spiro atoms. The first-order valence-corrected chi connectivity index (χ1v) is 12.8. The van der Waals surface area contributed by atoms with Crippen LogP contribution in [0.15, 0.2) is 48.7 Å². The molecule has 1 aliphatic heterocycles. The third-order valence-corrected chi connectivity index (χ3v) is 7.43. The van der Waals surface area contributed by atoms with E-state index in [4.69, 9.17) is 9.72 Å². The molecule has 5 rings (SSSR count). The van der Waals surface area contributed by atoms with Crippen LogP contribution < -0.4 is 5.32 Å². The highest BCUT2D eigenvalue weighted by atomic mass is 32.1. The number of anilines is 2. The number of carbonyl (C=O) groups excluding carboxylic acids is 1. The maximum atomic E-state index is 13.1. The van der Waals surface area contributed by atoms with Gasteiger partial charge in [0.2, 0.25) is 5.91 Å². The Hall–Kier alpha value is -2.84. The van der Waals surface area contributed by atoms with Gasteiger partial charge in [0, 0.05) is 30.0 Å². The normalized spacial score (nSPS) is 19.2. The predicted octanol–water partition coefficient (Wildman–Crippen LogP) is 5.49. The number of aromatic nitrogens is 2. The van der Waals surface area contributed by atoms with Gasteiger partial charge in [-0.25, -0.2) is 14.4 Å². The van der Waals surface area contributed by atoms with Crippen LogP contribution in [0.1, 0.15) is 54.3 Å². The lowest BCUT2D eigenvalue weighted by atomic mass is 9.88. The molecule has 6 nitrogen and oxygen atoms in total. The van der Waals surface area contributed by atoms with Crippen LogP contribution in [0.3, 0.4) is 0 Å². The van der Waals surface area contributed by atoms with Gasteiger partial charge in [0.15, 0.2) is 5.13 Å². The zero-order chi connectivity index (χ0) is 23.3. The summed E-state index contributed by atoms with van der Waals surface area (Å²) in [6.07, 6.45) is 7.88. The molecule has 1 amide bonds. The molecule has 8 heteroatoms. The zero-order valence-electron chi connectivity index (χ0n) is 19.1. The molecule has 1 atom stereocenters. The summed E-state index contributed by atoms with van der Waals surface area (Å²) in [5, 5.41) is 4.03. The van der Waals surface area contributed by atoms with Crippen LogP contribution in [0.4, 0.5) is 15.3 Å². The van der Waals surface area contributed by atoms with Crippen molar-refractivity contribution in [3.05, 3.63) is 70.6 Å². The highest BCUT2D eigenvalue weighted by Gasteiger charge is 2.31. The number of nitrogens with one attached hydrogen (secondary N) is 1. The van der Waals surface area contributed by atoms with E-state index in [2.05, 4.69) is 10.3 Å². The largest absolute Gasteiger partial charge is 0.368 e. The average molecular weight is 481 g/mol. The van der Waals surface area contributed by atoms with Crippen LogP contribution in [0, 0.1) is 11.7 Å². The Bertz CT molecular complexity index is 1110. The Kier molecular flexibility index (Phi) is 7.16. The summed E-state index contributed by atoms with van der Waals surface area (Å²) in [5.41, 5.74) is 1.85. The van der Waals surface area contributed by atoms with E-state index in [0.29, 0.717) is 31.9 Å². The van der Waals surface area contributed by atoms with E-state index < -0.39 is 0 Å². The monoisotopic (exact) mass is 480 g/mol. The summed E-state index contributed by atoms with van der Waals surface area (Å²) in [7, 11) is 0. The fourth-order valence-electron chi connectivity index (χ4n) is 4.70. The van der Waals surface area contributed by atoms with Crippen LogP contribution in [0.2, 0.25) is 0 Å². The molecule has 1 saturated carbocycles. The highest BCUT2D eigenvalue weighted by molar-refractivity contribution is 7.15. The van der Waals surface area contributed by atoms with E-state index in [1.165, 1.54) is 18.6 Å². The SMILES string of the molecule is O=C(C1CCCCC1)N1CCOC(c2cccc(Nc3ncc(Cc4ccc(F)cc4)s3)n2)C1. The third kappa shape index (κ3) is 5.62. The van der Waals surface area contributed by atoms with Crippen molar-refractivity contribution >= 4 is 28.2 Å². The van der Waals surface area contributed by atoms with E-state index in [-0.39, 0.29) is 23.7 Å². The summed E-state index contributed by atoms with van der Waals surface area (Å²) in [5.74, 6) is 0.908. The molecule has 1 aliphatic carbocycles. The maximum absolute atomic E-state index is 13.1. The number of morpholine rings is 1. The number of pyridine rings is 1. The molecule has 3 aromatic rings. The van der Waals surface area contributed by atoms with Crippen molar-refractivity contribution in [2.24, 2.45) is 5.92 Å². The molecule has 2 fully saturated rings. The Morgan fingerprint density at radius 3 is 2.79 bits per heavy atom. The Labute approximate surface area is 203 Å². The number of benzene rings is 1. The van der Waals surface area contributed by atoms with Gasteiger partial charge in [-0.1, -0.05) is 37.5 Å².